The lowest BCUT2D eigenvalue weighted by Gasteiger charge is -2.53. The second kappa shape index (κ2) is 10.0. The van der Waals surface area contributed by atoms with E-state index in [0.29, 0.717) is 12.4 Å². The van der Waals surface area contributed by atoms with Crippen LogP contribution in [0, 0.1) is 5.82 Å². The molecule has 0 unspecified atom stereocenters. The van der Waals surface area contributed by atoms with Crippen molar-refractivity contribution >= 4 is 23.6 Å². The highest BCUT2D eigenvalue weighted by Crippen LogP contribution is 2.44. The van der Waals surface area contributed by atoms with Gasteiger partial charge in [-0.15, -0.1) is 11.8 Å². The number of carbonyl (C=O) groups is 2. The predicted molar refractivity (Wildman–Crippen MR) is 141 cm³/mol. The average Bonchev–Trinajstić information content (AvgIpc) is 3.06. The van der Waals surface area contributed by atoms with Crippen LogP contribution in [0.2, 0.25) is 0 Å². The molecule has 0 aliphatic carbocycles. The summed E-state index contributed by atoms with van der Waals surface area (Å²) in [6.07, 6.45) is 1.02. The summed E-state index contributed by atoms with van der Waals surface area (Å²) in [7, 11) is 0. The number of fused-ring (bicyclic) bond motifs is 4. The SMILES string of the molecule is CC(=O)OCOc1c2n(ccc1=O)N([C@H]1c3ccc(F)cc3CSc3ccccc31)[C@@H]1COC[C@H](C)N1C2=O. The van der Waals surface area contributed by atoms with Gasteiger partial charge >= 0.3 is 5.97 Å². The molecule has 1 saturated heterocycles. The van der Waals surface area contributed by atoms with E-state index in [1.807, 2.05) is 36.2 Å². The third-order valence-corrected chi connectivity index (χ3v) is 8.31. The Morgan fingerprint density at radius 2 is 1.95 bits per heavy atom. The summed E-state index contributed by atoms with van der Waals surface area (Å²) in [5, 5.41) is 2.01. The molecule has 3 aliphatic heterocycles. The van der Waals surface area contributed by atoms with Crippen molar-refractivity contribution in [3.63, 3.8) is 0 Å². The zero-order chi connectivity index (χ0) is 27.3. The second-order valence-electron chi connectivity index (χ2n) is 9.63. The normalized spacial score (nSPS) is 21.7. The van der Waals surface area contributed by atoms with Crippen molar-refractivity contribution in [3.05, 3.63) is 93.2 Å². The van der Waals surface area contributed by atoms with Crippen molar-refractivity contribution in [2.75, 3.05) is 25.0 Å². The number of rotatable bonds is 4. The fourth-order valence-electron chi connectivity index (χ4n) is 5.52. The number of benzene rings is 2. The highest BCUT2D eigenvalue weighted by molar-refractivity contribution is 7.98. The summed E-state index contributed by atoms with van der Waals surface area (Å²) in [5.41, 5.74) is 2.21. The maximum absolute atomic E-state index is 14.4. The molecule has 39 heavy (non-hydrogen) atoms. The number of hydrogen-bond acceptors (Lipinski definition) is 8. The maximum Gasteiger partial charge on any atom is 0.305 e. The number of amides is 1. The Hall–Kier alpha value is -3.83. The van der Waals surface area contributed by atoms with Crippen LogP contribution in [-0.4, -0.2) is 53.7 Å². The Bertz CT molecular complexity index is 1530. The lowest BCUT2D eigenvalue weighted by atomic mass is 9.93. The molecule has 3 aromatic rings. The van der Waals surface area contributed by atoms with Gasteiger partial charge in [0.1, 0.15) is 12.0 Å². The minimum absolute atomic E-state index is 0.0256. The van der Waals surface area contributed by atoms with Gasteiger partial charge in [0, 0.05) is 29.8 Å². The first kappa shape index (κ1) is 25.4. The van der Waals surface area contributed by atoms with Crippen LogP contribution in [-0.2, 0) is 20.0 Å². The largest absolute Gasteiger partial charge is 0.451 e. The van der Waals surface area contributed by atoms with Gasteiger partial charge in [0.05, 0.1) is 25.3 Å². The third-order valence-electron chi connectivity index (χ3n) is 7.17. The van der Waals surface area contributed by atoms with Crippen LogP contribution in [0.15, 0.2) is 64.4 Å². The molecule has 1 amide bonds. The van der Waals surface area contributed by atoms with Crippen LogP contribution in [0.5, 0.6) is 5.75 Å². The van der Waals surface area contributed by atoms with Crippen LogP contribution >= 0.6 is 11.8 Å². The highest BCUT2D eigenvalue weighted by atomic mass is 32.2. The summed E-state index contributed by atoms with van der Waals surface area (Å²) < 4.78 is 32.5. The molecule has 9 nitrogen and oxygen atoms in total. The van der Waals surface area contributed by atoms with E-state index in [-0.39, 0.29) is 29.9 Å². The number of carbonyl (C=O) groups excluding carboxylic acids is 2. The molecule has 4 heterocycles. The van der Waals surface area contributed by atoms with Crippen molar-refractivity contribution in [1.82, 2.24) is 9.58 Å². The van der Waals surface area contributed by atoms with Crippen molar-refractivity contribution in [2.24, 2.45) is 0 Å². The molecule has 1 aromatic heterocycles. The van der Waals surface area contributed by atoms with Gasteiger partial charge in [-0.1, -0.05) is 24.3 Å². The van der Waals surface area contributed by atoms with Crippen LogP contribution in [0.3, 0.4) is 0 Å². The molecule has 3 atom stereocenters. The van der Waals surface area contributed by atoms with E-state index in [9.17, 15) is 18.8 Å². The van der Waals surface area contributed by atoms with Crippen molar-refractivity contribution in [2.45, 2.75) is 42.7 Å². The Kier molecular flexibility index (Phi) is 6.56. The number of thioether (sulfide) groups is 1. The third kappa shape index (κ3) is 4.35. The predicted octanol–water partition coefficient (Wildman–Crippen LogP) is 3.42. The van der Waals surface area contributed by atoms with E-state index in [1.165, 1.54) is 19.1 Å². The first-order valence-electron chi connectivity index (χ1n) is 12.6. The Balaban J connectivity index is 1.60. The average molecular weight is 552 g/mol. The number of halogens is 1. The zero-order valence-electron chi connectivity index (χ0n) is 21.3. The topological polar surface area (TPSA) is 90.3 Å². The minimum atomic E-state index is -0.578. The molecular formula is C28H26FN3O6S. The number of hydrogen-bond donors (Lipinski definition) is 0. The summed E-state index contributed by atoms with van der Waals surface area (Å²) in [6, 6.07) is 13.3. The van der Waals surface area contributed by atoms with Gasteiger partial charge < -0.3 is 19.1 Å². The van der Waals surface area contributed by atoms with Gasteiger partial charge in [0.15, 0.2) is 5.69 Å². The second-order valence-corrected chi connectivity index (χ2v) is 10.6. The molecule has 1 fully saturated rings. The molecule has 0 spiro atoms. The molecule has 0 N–H and O–H groups in total. The Labute approximate surface area is 228 Å². The highest BCUT2D eigenvalue weighted by Gasteiger charge is 2.48. The molecule has 0 saturated carbocycles. The van der Waals surface area contributed by atoms with Gasteiger partial charge in [-0.2, -0.15) is 0 Å². The molecule has 202 valence electrons. The zero-order valence-corrected chi connectivity index (χ0v) is 22.2. The first-order chi connectivity index (χ1) is 18.8. The summed E-state index contributed by atoms with van der Waals surface area (Å²) >= 11 is 1.62. The molecule has 0 radical (unpaired) electrons. The number of esters is 1. The smallest absolute Gasteiger partial charge is 0.305 e. The summed E-state index contributed by atoms with van der Waals surface area (Å²) in [4.78, 5) is 41.1. The van der Waals surface area contributed by atoms with Crippen molar-refractivity contribution < 1.29 is 28.2 Å². The molecular weight excluding hydrogens is 525 g/mol. The van der Waals surface area contributed by atoms with Crippen molar-refractivity contribution in [3.8, 4) is 5.75 Å². The monoisotopic (exact) mass is 551 g/mol. The van der Waals surface area contributed by atoms with Crippen LogP contribution in [0.1, 0.15) is 47.1 Å². The standard InChI is InChI=1S/C28H26FN3O6S/c1-16-12-36-13-24-31(16)28(35)26-27(38-15-37-17(2)33)22(34)9-10-30(26)32(24)25-20-8-7-19(29)11-18(20)14-39-23-6-4-3-5-21(23)25/h3-11,16,24-25H,12-15H2,1-2H3/t16-,24+,25-/m0/s1. The molecule has 3 aliphatic rings. The fraction of sp³-hybridized carbons (Fsp3) is 0.321. The lowest BCUT2D eigenvalue weighted by Crippen LogP contribution is -2.68. The van der Waals surface area contributed by atoms with E-state index in [4.69, 9.17) is 14.2 Å². The minimum Gasteiger partial charge on any atom is -0.451 e. The van der Waals surface area contributed by atoms with E-state index < -0.39 is 36.3 Å². The van der Waals surface area contributed by atoms with E-state index in [2.05, 4.69) is 0 Å². The van der Waals surface area contributed by atoms with Crippen LogP contribution in [0.4, 0.5) is 4.39 Å². The molecule has 2 aromatic carbocycles. The number of aromatic nitrogens is 1. The van der Waals surface area contributed by atoms with Gasteiger partial charge in [-0.3, -0.25) is 24.1 Å². The Morgan fingerprint density at radius 3 is 2.77 bits per heavy atom. The number of ether oxygens (including phenoxy) is 3. The van der Waals surface area contributed by atoms with E-state index in [1.54, 1.807) is 39.7 Å². The van der Waals surface area contributed by atoms with E-state index >= 15 is 0 Å². The van der Waals surface area contributed by atoms with E-state index in [0.717, 1.165) is 21.6 Å². The first-order valence-corrected chi connectivity index (χ1v) is 13.5. The van der Waals surface area contributed by atoms with Gasteiger partial charge in [-0.25, -0.2) is 4.39 Å². The molecule has 6 rings (SSSR count). The number of nitrogens with zero attached hydrogens (tertiary/aromatic N) is 3. The van der Waals surface area contributed by atoms with Gasteiger partial charge in [0.2, 0.25) is 18.0 Å². The quantitative estimate of drug-likeness (QED) is 0.360. The Morgan fingerprint density at radius 1 is 1.13 bits per heavy atom. The molecule has 0 bridgehead atoms. The van der Waals surface area contributed by atoms with Gasteiger partial charge in [-0.05, 0) is 41.8 Å². The van der Waals surface area contributed by atoms with Gasteiger partial charge in [0.25, 0.3) is 5.91 Å². The lowest BCUT2D eigenvalue weighted by molar-refractivity contribution is -0.147. The van der Waals surface area contributed by atoms with Crippen LogP contribution < -0.4 is 15.2 Å². The summed E-state index contributed by atoms with van der Waals surface area (Å²) in [6.45, 7) is 3.16. The molecule has 11 heteroatoms. The number of morpholine rings is 1. The fourth-order valence-corrected chi connectivity index (χ4v) is 6.60. The van der Waals surface area contributed by atoms with Crippen LogP contribution in [0.25, 0.3) is 0 Å². The number of pyridine rings is 1. The van der Waals surface area contributed by atoms with Crippen molar-refractivity contribution in [1.29, 1.82) is 0 Å². The maximum atomic E-state index is 14.4. The summed E-state index contributed by atoms with van der Waals surface area (Å²) in [5.74, 6) is -0.928.